The van der Waals surface area contributed by atoms with Crippen LogP contribution < -0.4 is 5.32 Å². The summed E-state index contributed by atoms with van der Waals surface area (Å²) >= 11 is 3.13. The first-order chi connectivity index (χ1) is 10.2. The van der Waals surface area contributed by atoms with Crippen LogP contribution >= 0.6 is 22.7 Å². The minimum absolute atomic E-state index is 0.536. The highest BCUT2D eigenvalue weighted by atomic mass is 32.1. The van der Waals surface area contributed by atoms with E-state index in [-0.39, 0.29) is 0 Å². The van der Waals surface area contributed by atoms with Crippen LogP contribution in [0.1, 0.15) is 15.7 Å². The molecule has 1 aromatic carbocycles. The van der Waals surface area contributed by atoms with Gasteiger partial charge in [-0.15, -0.1) is 22.7 Å². The number of aromatic nitrogens is 2. The second-order valence-electron chi connectivity index (χ2n) is 4.52. The number of rotatable bonds is 3. The highest BCUT2D eigenvalue weighted by molar-refractivity contribution is 7.18. The van der Waals surface area contributed by atoms with Crippen LogP contribution in [-0.4, -0.2) is 9.97 Å². The van der Waals surface area contributed by atoms with E-state index in [1.165, 1.54) is 11.3 Å². The molecule has 1 N–H and O–H groups in total. The fourth-order valence-electron chi connectivity index (χ4n) is 1.90. The number of nitriles is 1. The van der Waals surface area contributed by atoms with E-state index < -0.39 is 0 Å². The minimum atomic E-state index is 0.536. The molecule has 0 fully saturated rings. The van der Waals surface area contributed by atoms with Crippen LogP contribution in [0.25, 0.3) is 15.8 Å². The monoisotopic (exact) mass is 312 g/mol. The number of benzene rings is 1. The zero-order chi connectivity index (χ0) is 14.8. The molecule has 0 spiro atoms. The van der Waals surface area contributed by atoms with E-state index in [2.05, 4.69) is 21.4 Å². The lowest BCUT2D eigenvalue weighted by molar-refractivity contribution is 1.24. The van der Waals surface area contributed by atoms with Crippen LogP contribution in [0.15, 0.2) is 29.8 Å². The number of aryl methyl sites for hydroxylation is 2. The van der Waals surface area contributed by atoms with Gasteiger partial charge in [0.15, 0.2) is 0 Å². The van der Waals surface area contributed by atoms with Crippen molar-refractivity contribution >= 4 is 44.2 Å². The first-order valence-corrected chi connectivity index (χ1v) is 8.02. The third kappa shape index (κ3) is 2.94. The van der Waals surface area contributed by atoms with Crippen molar-refractivity contribution in [3.05, 3.63) is 45.5 Å². The predicted octanol–water partition coefficient (Wildman–Crippen LogP) is 4.35. The maximum Gasteiger partial charge on any atom is 0.135 e. The molecule has 6 heteroatoms. The normalized spacial score (nSPS) is 11.6. The summed E-state index contributed by atoms with van der Waals surface area (Å²) in [6.07, 6.45) is 1.70. The standard InChI is InChI=1S/C15H12N4S2/c1-9-8-20-15(18-9)11(6-16)7-17-12-3-4-13-14(5-12)21-10(2)19-13/h3-5,7-8,17H,1-2H3/b11-7+. The maximum atomic E-state index is 9.24. The van der Waals surface area contributed by atoms with Gasteiger partial charge in [-0.05, 0) is 32.0 Å². The highest BCUT2D eigenvalue weighted by Crippen LogP contribution is 2.25. The Morgan fingerprint density at radius 2 is 2.19 bits per heavy atom. The van der Waals surface area contributed by atoms with Crippen molar-refractivity contribution in [2.75, 3.05) is 5.32 Å². The molecule has 0 radical (unpaired) electrons. The first kappa shape index (κ1) is 13.7. The van der Waals surface area contributed by atoms with Gasteiger partial charge >= 0.3 is 0 Å². The number of hydrogen-bond acceptors (Lipinski definition) is 6. The quantitative estimate of drug-likeness (QED) is 0.730. The number of hydrogen-bond donors (Lipinski definition) is 1. The van der Waals surface area contributed by atoms with Crippen LogP contribution in [0.4, 0.5) is 5.69 Å². The summed E-state index contributed by atoms with van der Waals surface area (Å²) in [5, 5.41) is 16.1. The fourth-order valence-corrected chi connectivity index (χ4v) is 3.53. The van der Waals surface area contributed by atoms with Gasteiger partial charge in [-0.25, -0.2) is 9.97 Å². The molecule has 2 aromatic heterocycles. The number of nitrogens with one attached hydrogen (secondary N) is 1. The van der Waals surface area contributed by atoms with Crippen LogP contribution in [0, 0.1) is 25.2 Å². The molecule has 0 saturated carbocycles. The molecule has 0 unspecified atom stereocenters. The molecule has 2 heterocycles. The Morgan fingerprint density at radius 1 is 1.33 bits per heavy atom. The topological polar surface area (TPSA) is 61.6 Å². The summed E-state index contributed by atoms with van der Waals surface area (Å²) < 4.78 is 1.13. The smallest absolute Gasteiger partial charge is 0.135 e. The van der Waals surface area contributed by atoms with Crippen molar-refractivity contribution in [2.45, 2.75) is 13.8 Å². The Hall–Kier alpha value is -2.23. The molecule has 0 atom stereocenters. The molecule has 4 nitrogen and oxygen atoms in total. The molecular formula is C15H12N4S2. The van der Waals surface area contributed by atoms with E-state index >= 15 is 0 Å². The number of anilines is 1. The first-order valence-electron chi connectivity index (χ1n) is 6.32. The number of allylic oxidation sites excluding steroid dienone is 1. The van der Waals surface area contributed by atoms with Crippen molar-refractivity contribution < 1.29 is 0 Å². The van der Waals surface area contributed by atoms with E-state index in [4.69, 9.17) is 0 Å². The molecule has 104 valence electrons. The van der Waals surface area contributed by atoms with Crippen LogP contribution in [0.2, 0.25) is 0 Å². The molecule has 0 aliphatic rings. The van der Waals surface area contributed by atoms with Crippen LogP contribution in [0.3, 0.4) is 0 Å². The average molecular weight is 312 g/mol. The number of nitrogens with zero attached hydrogens (tertiary/aromatic N) is 3. The summed E-state index contributed by atoms with van der Waals surface area (Å²) in [5.41, 5.74) is 3.40. The van der Waals surface area contributed by atoms with Crippen LogP contribution in [-0.2, 0) is 0 Å². The van der Waals surface area contributed by atoms with Crippen molar-refractivity contribution in [2.24, 2.45) is 0 Å². The Bertz CT molecular complexity index is 867. The van der Waals surface area contributed by atoms with Gasteiger partial charge in [0, 0.05) is 23.0 Å². The SMILES string of the molecule is Cc1csc(/C(C#N)=C/Nc2ccc3nc(C)sc3c2)n1. The summed E-state index contributed by atoms with van der Waals surface area (Å²) in [5.74, 6) is 0. The molecule has 0 aliphatic carbocycles. The largest absolute Gasteiger partial charge is 0.360 e. The zero-order valence-electron chi connectivity index (χ0n) is 11.5. The van der Waals surface area contributed by atoms with Gasteiger partial charge in [-0.2, -0.15) is 5.26 Å². The lowest BCUT2D eigenvalue weighted by Crippen LogP contribution is -1.90. The summed E-state index contributed by atoms with van der Waals surface area (Å²) in [6.45, 7) is 3.92. The lowest BCUT2D eigenvalue weighted by Gasteiger charge is -2.01. The third-order valence-electron chi connectivity index (χ3n) is 2.85. The molecular weight excluding hydrogens is 300 g/mol. The Labute approximate surface area is 130 Å². The molecule has 0 aliphatic heterocycles. The third-order valence-corrected chi connectivity index (χ3v) is 4.78. The Kier molecular flexibility index (Phi) is 3.69. The van der Waals surface area contributed by atoms with Gasteiger partial charge in [0.2, 0.25) is 0 Å². The maximum absolute atomic E-state index is 9.24. The summed E-state index contributed by atoms with van der Waals surface area (Å²) in [4.78, 5) is 8.76. The molecule has 0 amide bonds. The molecule has 0 saturated heterocycles. The fraction of sp³-hybridized carbons (Fsp3) is 0.133. The Morgan fingerprint density at radius 3 is 2.90 bits per heavy atom. The van der Waals surface area contributed by atoms with Crippen molar-refractivity contribution in [1.82, 2.24) is 9.97 Å². The van der Waals surface area contributed by atoms with E-state index in [0.29, 0.717) is 5.57 Å². The summed E-state index contributed by atoms with van der Waals surface area (Å²) in [6, 6.07) is 8.16. The number of thiazole rings is 2. The van der Waals surface area contributed by atoms with E-state index in [9.17, 15) is 5.26 Å². The van der Waals surface area contributed by atoms with Gasteiger partial charge in [0.1, 0.15) is 16.6 Å². The second-order valence-corrected chi connectivity index (χ2v) is 6.62. The number of fused-ring (bicyclic) bond motifs is 1. The van der Waals surface area contributed by atoms with Gasteiger partial charge in [-0.3, -0.25) is 0 Å². The van der Waals surface area contributed by atoms with Gasteiger partial charge in [0.25, 0.3) is 0 Å². The average Bonchev–Trinajstić information content (AvgIpc) is 3.04. The van der Waals surface area contributed by atoms with Crippen LogP contribution in [0.5, 0.6) is 0 Å². The molecule has 0 bridgehead atoms. The second kappa shape index (κ2) is 5.64. The van der Waals surface area contributed by atoms with Crippen molar-refractivity contribution in [3.8, 4) is 6.07 Å². The molecule has 3 rings (SSSR count). The molecule has 3 aromatic rings. The van der Waals surface area contributed by atoms with Gasteiger partial charge < -0.3 is 5.32 Å². The summed E-state index contributed by atoms with van der Waals surface area (Å²) in [7, 11) is 0. The van der Waals surface area contributed by atoms with E-state index in [0.717, 1.165) is 31.6 Å². The predicted molar refractivity (Wildman–Crippen MR) is 88.4 cm³/mol. The zero-order valence-corrected chi connectivity index (χ0v) is 13.2. The lowest BCUT2D eigenvalue weighted by atomic mass is 10.3. The van der Waals surface area contributed by atoms with Gasteiger partial charge in [0.05, 0.1) is 15.2 Å². The minimum Gasteiger partial charge on any atom is -0.360 e. The van der Waals surface area contributed by atoms with E-state index in [1.54, 1.807) is 17.5 Å². The van der Waals surface area contributed by atoms with Gasteiger partial charge in [-0.1, -0.05) is 0 Å². The van der Waals surface area contributed by atoms with Crippen molar-refractivity contribution in [3.63, 3.8) is 0 Å². The highest BCUT2D eigenvalue weighted by Gasteiger charge is 2.06. The van der Waals surface area contributed by atoms with E-state index in [1.807, 2.05) is 37.4 Å². The Balaban J connectivity index is 1.87. The molecule has 21 heavy (non-hydrogen) atoms. The van der Waals surface area contributed by atoms with Crippen molar-refractivity contribution in [1.29, 1.82) is 5.26 Å².